The molecule has 0 spiro atoms. The Hall–Kier alpha value is -5.19. The highest BCUT2D eigenvalue weighted by Crippen LogP contribution is 2.33. The van der Waals surface area contributed by atoms with Gasteiger partial charge in [0.25, 0.3) is 0 Å². The van der Waals surface area contributed by atoms with Crippen LogP contribution in [0.25, 0.3) is 56.0 Å². The molecule has 0 bridgehead atoms. The first-order chi connectivity index (χ1) is 18.8. The molecule has 6 rings (SSSR count). The summed E-state index contributed by atoms with van der Waals surface area (Å²) in [5.41, 5.74) is 5.25. The van der Waals surface area contributed by atoms with Crippen molar-refractivity contribution in [2.75, 3.05) is 5.32 Å². The third-order valence-corrected chi connectivity index (χ3v) is 6.14. The lowest BCUT2D eigenvalue weighted by Gasteiger charge is -2.08. The summed E-state index contributed by atoms with van der Waals surface area (Å²) in [7, 11) is 0. The number of fused-ring (bicyclic) bond motifs is 2. The summed E-state index contributed by atoms with van der Waals surface area (Å²) in [5, 5.41) is 21.0. The number of imidazole rings is 1. The van der Waals surface area contributed by atoms with Crippen molar-refractivity contribution in [2.45, 2.75) is 20.3 Å². The lowest BCUT2D eigenvalue weighted by atomic mass is 10.1. The molecule has 39 heavy (non-hydrogen) atoms. The van der Waals surface area contributed by atoms with E-state index in [2.05, 4.69) is 35.5 Å². The number of carbonyl (C=O) groups excluding carboxylic acids is 1. The zero-order valence-electron chi connectivity index (χ0n) is 21.0. The van der Waals surface area contributed by atoms with E-state index in [0.29, 0.717) is 57.1 Å². The number of nitrogens with zero attached hydrogens (tertiary/aromatic N) is 5. The number of H-pyrrole nitrogens is 2. The molecule has 0 saturated carbocycles. The van der Waals surface area contributed by atoms with Crippen LogP contribution in [0.3, 0.4) is 0 Å². The summed E-state index contributed by atoms with van der Waals surface area (Å²) in [6.45, 7) is 3.98. The Kier molecular flexibility index (Phi) is 5.95. The van der Waals surface area contributed by atoms with Gasteiger partial charge in [-0.15, -0.1) is 0 Å². The summed E-state index contributed by atoms with van der Waals surface area (Å²) in [4.78, 5) is 33.4. The zero-order chi connectivity index (χ0) is 27.1. The van der Waals surface area contributed by atoms with E-state index < -0.39 is 5.82 Å². The summed E-state index contributed by atoms with van der Waals surface area (Å²) >= 11 is 0. The minimum absolute atomic E-state index is 0.0725. The number of phenols is 1. The average Bonchev–Trinajstić information content (AvgIpc) is 3.51. The monoisotopic (exact) mass is 522 g/mol. The molecule has 6 aromatic rings. The number of carbonyl (C=O) groups is 1. The number of aromatic amines is 2. The van der Waals surface area contributed by atoms with Gasteiger partial charge < -0.3 is 15.4 Å². The SMILES string of the molecule is CC(C)CC(=O)Nc1cncc(-c2cc3c(-c4nc5c(-c6cc(O)cc(F)c6)nccc5[nH]4)n[nH]c3cn2)c1. The topological polar surface area (TPSA) is 145 Å². The van der Waals surface area contributed by atoms with Crippen LogP contribution in [-0.4, -0.2) is 46.1 Å². The molecule has 10 nitrogen and oxygen atoms in total. The Labute approximate surface area is 221 Å². The number of rotatable bonds is 6. The first kappa shape index (κ1) is 24.2. The van der Waals surface area contributed by atoms with Crippen LogP contribution in [0.4, 0.5) is 10.1 Å². The van der Waals surface area contributed by atoms with Crippen molar-refractivity contribution in [3.63, 3.8) is 0 Å². The number of amides is 1. The van der Waals surface area contributed by atoms with Crippen LogP contribution in [0.15, 0.2) is 61.2 Å². The van der Waals surface area contributed by atoms with Crippen LogP contribution < -0.4 is 5.32 Å². The Morgan fingerprint density at radius 3 is 2.72 bits per heavy atom. The Balaban J connectivity index is 1.39. The molecular weight excluding hydrogens is 499 g/mol. The van der Waals surface area contributed by atoms with Crippen LogP contribution in [-0.2, 0) is 4.79 Å². The highest BCUT2D eigenvalue weighted by molar-refractivity contribution is 5.97. The molecule has 0 radical (unpaired) electrons. The van der Waals surface area contributed by atoms with Crippen LogP contribution in [0.2, 0.25) is 0 Å². The Morgan fingerprint density at radius 2 is 1.90 bits per heavy atom. The van der Waals surface area contributed by atoms with Gasteiger partial charge in [0.1, 0.15) is 22.8 Å². The lowest BCUT2D eigenvalue weighted by Crippen LogP contribution is -2.13. The molecule has 0 fully saturated rings. The van der Waals surface area contributed by atoms with Crippen LogP contribution >= 0.6 is 0 Å². The van der Waals surface area contributed by atoms with Gasteiger partial charge in [-0.25, -0.2) is 9.37 Å². The highest BCUT2D eigenvalue weighted by atomic mass is 19.1. The number of anilines is 1. The van der Waals surface area contributed by atoms with Gasteiger partial charge >= 0.3 is 0 Å². The fourth-order valence-corrected chi connectivity index (χ4v) is 4.46. The van der Waals surface area contributed by atoms with Crippen molar-refractivity contribution in [2.24, 2.45) is 5.92 Å². The number of nitrogens with one attached hydrogen (secondary N) is 3. The van der Waals surface area contributed by atoms with Crippen LogP contribution in [0, 0.1) is 11.7 Å². The highest BCUT2D eigenvalue weighted by Gasteiger charge is 2.18. The van der Waals surface area contributed by atoms with E-state index in [9.17, 15) is 14.3 Å². The van der Waals surface area contributed by atoms with E-state index in [1.807, 2.05) is 26.0 Å². The maximum atomic E-state index is 14.0. The second-order valence-corrected chi connectivity index (χ2v) is 9.64. The lowest BCUT2D eigenvalue weighted by molar-refractivity contribution is -0.116. The molecule has 5 heterocycles. The van der Waals surface area contributed by atoms with Gasteiger partial charge in [-0.05, 0) is 36.2 Å². The largest absolute Gasteiger partial charge is 0.508 e. The Morgan fingerprint density at radius 1 is 1.03 bits per heavy atom. The van der Waals surface area contributed by atoms with Crippen LogP contribution in [0.5, 0.6) is 5.75 Å². The smallest absolute Gasteiger partial charge is 0.224 e. The molecule has 1 aromatic carbocycles. The number of hydrogen-bond donors (Lipinski definition) is 4. The second kappa shape index (κ2) is 9.60. The number of aromatic nitrogens is 7. The molecule has 0 aliphatic heterocycles. The normalized spacial score (nSPS) is 11.5. The maximum absolute atomic E-state index is 14.0. The fraction of sp³-hybridized carbons (Fsp3) is 0.143. The molecule has 11 heteroatoms. The number of aromatic hydroxyl groups is 1. The summed E-state index contributed by atoms with van der Waals surface area (Å²) in [5.74, 6) is -0.115. The standard InChI is InChI=1S/C28H23FN8O2/c1-14(2)5-24(39)33-18-7-16(11-30-12-18)22-10-20-23(13-32-22)36-37-26(20)28-34-21-3-4-31-25(27(21)35-28)15-6-17(29)9-19(38)8-15/h3-4,6-14,38H,5H2,1-2H3,(H,33,39)(H,34,35)(H,36,37). The second-order valence-electron chi connectivity index (χ2n) is 9.64. The van der Waals surface area contributed by atoms with E-state index >= 15 is 0 Å². The third-order valence-electron chi connectivity index (χ3n) is 6.14. The number of halogens is 1. The van der Waals surface area contributed by atoms with Gasteiger partial charge in [-0.3, -0.25) is 24.8 Å². The summed E-state index contributed by atoms with van der Waals surface area (Å²) in [6, 6.07) is 9.24. The van der Waals surface area contributed by atoms with Crippen molar-refractivity contribution < 1.29 is 14.3 Å². The summed E-state index contributed by atoms with van der Waals surface area (Å²) < 4.78 is 14.0. The van der Waals surface area contributed by atoms with Gasteiger partial charge in [0, 0.05) is 41.4 Å². The van der Waals surface area contributed by atoms with Gasteiger partial charge in [-0.2, -0.15) is 5.10 Å². The van der Waals surface area contributed by atoms with E-state index in [4.69, 9.17) is 4.98 Å². The van der Waals surface area contributed by atoms with E-state index in [-0.39, 0.29) is 17.6 Å². The Bertz CT molecular complexity index is 1840. The van der Waals surface area contributed by atoms with Gasteiger partial charge in [0.15, 0.2) is 5.82 Å². The molecular formula is C28H23FN8O2. The van der Waals surface area contributed by atoms with Crippen molar-refractivity contribution in [1.29, 1.82) is 0 Å². The molecule has 1 amide bonds. The molecule has 0 saturated heterocycles. The quantitative estimate of drug-likeness (QED) is 0.227. The molecule has 4 N–H and O–H groups in total. The average molecular weight is 523 g/mol. The van der Waals surface area contributed by atoms with Crippen LogP contribution in [0.1, 0.15) is 20.3 Å². The van der Waals surface area contributed by atoms with Crippen molar-refractivity contribution in [3.8, 4) is 39.8 Å². The molecule has 0 unspecified atom stereocenters. The number of phenolic OH excluding ortho intramolecular Hbond substituents is 1. The zero-order valence-corrected chi connectivity index (χ0v) is 21.0. The van der Waals surface area contributed by atoms with E-state index in [1.54, 1.807) is 30.9 Å². The van der Waals surface area contributed by atoms with Crippen molar-refractivity contribution in [1.82, 2.24) is 35.1 Å². The molecule has 5 aromatic heterocycles. The first-order valence-corrected chi connectivity index (χ1v) is 12.3. The molecule has 194 valence electrons. The van der Waals surface area contributed by atoms with Gasteiger partial charge in [0.2, 0.25) is 5.91 Å². The predicted octanol–water partition coefficient (Wildman–Crippen LogP) is 5.45. The minimum Gasteiger partial charge on any atom is -0.508 e. The molecule has 0 aliphatic carbocycles. The minimum atomic E-state index is -0.573. The number of benzene rings is 1. The summed E-state index contributed by atoms with van der Waals surface area (Å²) in [6.07, 6.45) is 6.96. The first-order valence-electron chi connectivity index (χ1n) is 12.3. The van der Waals surface area contributed by atoms with Gasteiger partial charge in [-0.1, -0.05) is 13.8 Å². The number of hydrogen-bond acceptors (Lipinski definition) is 7. The van der Waals surface area contributed by atoms with Crippen molar-refractivity contribution >= 4 is 33.5 Å². The molecule has 0 aliphatic rings. The molecule has 0 atom stereocenters. The maximum Gasteiger partial charge on any atom is 0.224 e. The van der Waals surface area contributed by atoms with E-state index in [0.717, 1.165) is 17.0 Å². The van der Waals surface area contributed by atoms with Crippen molar-refractivity contribution in [3.05, 3.63) is 67.0 Å². The number of pyridine rings is 3. The van der Waals surface area contributed by atoms with Gasteiger partial charge in [0.05, 0.1) is 40.5 Å². The predicted molar refractivity (Wildman–Crippen MR) is 145 cm³/mol. The fourth-order valence-electron chi connectivity index (χ4n) is 4.46. The van der Waals surface area contributed by atoms with E-state index in [1.165, 1.54) is 12.1 Å². The third kappa shape index (κ3) is 4.77.